The molecule has 1 aliphatic rings. The van der Waals surface area contributed by atoms with E-state index in [0.29, 0.717) is 25.9 Å². The van der Waals surface area contributed by atoms with Gasteiger partial charge in [-0.05, 0) is 25.0 Å². The Hall–Kier alpha value is -2.89. The fourth-order valence-corrected chi connectivity index (χ4v) is 3.17. The minimum absolute atomic E-state index is 0.00430. The number of furan rings is 1. The summed E-state index contributed by atoms with van der Waals surface area (Å²) in [6.45, 7) is 1.42. The zero-order valence-electron chi connectivity index (χ0n) is 14.5. The first-order chi connectivity index (χ1) is 12.6. The van der Waals surface area contributed by atoms with Crippen molar-refractivity contribution in [2.75, 3.05) is 19.6 Å². The number of hydrogen-bond acceptors (Lipinski definition) is 4. The molecule has 0 atom stereocenters. The first-order valence-corrected chi connectivity index (χ1v) is 8.84. The Labute approximate surface area is 152 Å². The van der Waals surface area contributed by atoms with Crippen LogP contribution in [0.2, 0.25) is 0 Å². The highest BCUT2D eigenvalue weighted by Gasteiger charge is 2.27. The predicted molar refractivity (Wildman–Crippen MR) is 95.7 cm³/mol. The summed E-state index contributed by atoms with van der Waals surface area (Å²) >= 11 is 0. The van der Waals surface area contributed by atoms with E-state index < -0.39 is 0 Å². The van der Waals surface area contributed by atoms with Crippen molar-refractivity contribution in [3.05, 3.63) is 60.1 Å². The van der Waals surface area contributed by atoms with Gasteiger partial charge in [-0.3, -0.25) is 14.4 Å². The predicted octanol–water partition coefficient (Wildman–Crippen LogP) is 2.52. The maximum absolute atomic E-state index is 12.5. The molecule has 6 heteroatoms. The van der Waals surface area contributed by atoms with Crippen LogP contribution >= 0.6 is 0 Å². The molecule has 0 spiro atoms. The van der Waals surface area contributed by atoms with Gasteiger partial charge in [0.05, 0.1) is 6.26 Å². The first kappa shape index (κ1) is 17.9. The van der Waals surface area contributed by atoms with Crippen LogP contribution in [-0.2, 0) is 4.79 Å². The van der Waals surface area contributed by atoms with Gasteiger partial charge in [0.1, 0.15) is 0 Å². The molecule has 136 valence electrons. The molecule has 2 aromatic rings. The van der Waals surface area contributed by atoms with E-state index in [1.165, 1.54) is 6.26 Å². The van der Waals surface area contributed by atoms with Crippen molar-refractivity contribution >= 4 is 17.6 Å². The van der Waals surface area contributed by atoms with Crippen LogP contribution < -0.4 is 5.32 Å². The number of hydrogen-bond donors (Lipinski definition) is 1. The molecular weight excluding hydrogens is 332 g/mol. The molecule has 0 unspecified atom stereocenters. The molecule has 0 bridgehead atoms. The van der Waals surface area contributed by atoms with E-state index in [4.69, 9.17) is 4.42 Å². The third-order valence-electron chi connectivity index (χ3n) is 4.65. The second-order valence-electron chi connectivity index (χ2n) is 6.37. The SMILES string of the molecule is O=C(NCCC(=O)N1CCC(C(=O)c2ccccc2)CC1)c1ccco1. The molecule has 2 heterocycles. The van der Waals surface area contributed by atoms with Crippen LogP contribution in [0, 0.1) is 5.92 Å². The Bertz CT molecular complexity index is 747. The summed E-state index contributed by atoms with van der Waals surface area (Å²) in [5.74, 6) is 0.0338. The van der Waals surface area contributed by atoms with Gasteiger partial charge in [-0.15, -0.1) is 0 Å². The van der Waals surface area contributed by atoms with Gasteiger partial charge in [0.25, 0.3) is 5.91 Å². The molecule has 1 aromatic carbocycles. The maximum atomic E-state index is 12.5. The number of benzene rings is 1. The van der Waals surface area contributed by atoms with Crippen LogP contribution in [0.1, 0.15) is 40.2 Å². The Kier molecular flexibility index (Phi) is 5.84. The van der Waals surface area contributed by atoms with Crippen LogP contribution in [0.5, 0.6) is 0 Å². The van der Waals surface area contributed by atoms with E-state index in [-0.39, 0.29) is 42.2 Å². The zero-order chi connectivity index (χ0) is 18.4. The van der Waals surface area contributed by atoms with E-state index in [1.54, 1.807) is 17.0 Å². The summed E-state index contributed by atoms with van der Waals surface area (Å²) in [7, 11) is 0. The topological polar surface area (TPSA) is 79.6 Å². The van der Waals surface area contributed by atoms with E-state index in [9.17, 15) is 14.4 Å². The highest BCUT2D eigenvalue weighted by atomic mass is 16.3. The number of nitrogens with zero attached hydrogens (tertiary/aromatic N) is 1. The van der Waals surface area contributed by atoms with E-state index in [0.717, 1.165) is 5.56 Å². The second-order valence-corrected chi connectivity index (χ2v) is 6.37. The van der Waals surface area contributed by atoms with Crippen LogP contribution in [0.4, 0.5) is 0 Å². The largest absolute Gasteiger partial charge is 0.459 e. The molecule has 0 saturated carbocycles. The van der Waals surface area contributed by atoms with Crippen LogP contribution in [-0.4, -0.2) is 42.1 Å². The highest BCUT2D eigenvalue weighted by molar-refractivity contribution is 5.98. The molecule has 0 radical (unpaired) electrons. The standard InChI is InChI=1S/C20H22N2O4/c23-18(8-11-21-20(25)17-7-4-14-26-17)22-12-9-16(10-13-22)19(24)15-5-2-1-3-6-15/h1-7,14,16H,8-13H2,(H,21,25). The number of rotatable bonds is 6. The number of amides is 2. The monoisotopic (exact) mass is 354 g/mol. The fraction of sp³-hybridized carbons (Fsp3) is 0.350. The molecule has 1 fully saturated rings. The number of nitrogens with one attached hydrogen (secondary N) is 1. The van der Waals surface area contributed by atoms with E-state index in [1.807, 2.05) is 30.3 Å². The summed E-state index contributed by atoms with van der Waals surface area (Å²) in [6, 6.07) is 12.5. The zero-order valence-corrected chi connectivity index (χ0v) is 14.5. The molecule has 2 amide bonds. The first-order valence-electron chi connectivity index (χ1n) is 8.84. The normalized spacial score (nSPS) is 14.8. The summed E-state index contributed by atoms with van der Waals surface area (Å²) in [6.07, 6.45) is 3.03. The van der Waals surface area contributed by atoms with Crippen molar-refractivity contribution in [3.8, 4) is 0 Å². The van der Waals surface area contributed by atoms with Crippen LogP contribution in [0.3, 0.4) is 0 Å². The van der Waals surface area contributed by atoms with Crippen molar-refractivity contribution in [1.29, 1.82) is 0 Å². The number of likely N-dealkylation sites (tertiary alicyclic amines) is 1. The smallest absolute Gasteiger partial charge is 0.286 e. The Morgan fingerprint density at radius 3 is 2.42 bits per heavy atom. The maximum Gasteiger partial charge on any atom is 0.286 e. The van der Waals surface area contributed by atoms with Gasteiger partial charge in [-0.1, -0.05) is 30.3 Å². The van der Waals surface area contributed by atoms with Gasteiger partial charge in [0.2, 0.25) is 5.91 Å². The lowest BCUT2D eigenvalue weighted by Crippen LogP contribution is -2.41. The summed E-state index contributed by atoms with van der Waals surface area (Å²) < 4.78 is 5.00. The third kappa shape index (κ3) is 4.39. The lowest BCUT2D eigenvalue weighted by atomic mass is 9.89. The second kappa shape index (κ2) is 8.47. The Morgan fingerprint density at radius 2 is 1.77 bits per heavy atom. The van der Waals surface area contributed by atoms with Crippen molar-refractivity contribution in [3.63, 3.8) is 0 Å². The number of Topliss-reactive ketones (excluding diaryl/α,β-unsaturated/α-hetero) is 1. The third-order valence-corrected chi connectivity index (χ3v) is 4.65. The Morgan fingerprint density at radius 1 is 1.04 bits per heavy atom. The molecule has 1 N–H and O–H groups in total. The number of carbonyl (C=O) groups is 3. The number of piperidine rings is 1. The summed E-state index contributed by atoms with van der Waals surface area (Å²) in [4.78, 5) is 38.3. The molecular formula is C20H22N2O4. The average molecular weight is 354 g/mol. The molecule has 1 saturated heterocycles. The minimum atomic E-state index is -0.324. The van der Waals surface area contributed by atoms with E-state index >= 15 is 0 Å². The van der Waals surface area contributed by atoms with Gasteiger partial charge >= 0.3 is 0 Å². The van der Waals surface area contributed by atoms with Gasteiger partial charge in [-0.2, -0.15) is 0 Å². The Balaban J connectivity index is 1.41. The molecule has 0 aliphatic carbocycles. The summed E-state index contributed by atoms with van der Waals surface area (Å²) in [5.41, 5.74) is 0.734. The summed E-state index contributed by atoms with van der Waals surface area (Å²) in [5, 5.41) is 2.67. The van der Waals surface area contributed by atoms with Crippen LogP contribution in [0.15, 0.2) is 53.1 Å². The molecule has 1 aliphatic heterocycles. The van der Waals surface area contributed by atoms with Gasteiger partial charge in [0.15, 0.2) is 11.5 Å². The molecule has 1 aromatic heterocycles. The quantitative estimate of drug-likeness (QED) is 0.809. The van der Waals surface area contributed by atoms with Gasteiger partial charge in [0, 0.05) is 37.5 Å². The lowest BCUT2D eigenvalue weighted by molar-refractivity contribution is -0.132. The van der Waals surface area contributed by atoms with Crippen molar-refractivity contribution in [2.45, 2.75) is 19.3 Å². The van der Waals surface area contributed by atoms with Gasteiger partial charge in [-0.25, -0.2) is 0 Å². The number of carbonyl (C=O) groups excluding carboxylic acids is 3. The van der Waals surface area contributed by atoms with Crippen molar-refractivity contribution < 1.29 is 18.8 Å². The van der Waals surface area contributed by atoms with Crippen molar-refractivity contribution in [1.82, 2.24) is 10.2 Å². The van der Waals surface area contributed by atoms with Gasteiger partial charge < -0.3 is 14.6 Å². The lowest BCUT2D eigenvalue weighted by Gasteiger charge is -2.31. The fourth-order valence-electron chi connectivity index (χ4n) is 3.17. The molecule has 26 heavy (non-hydrogen) atoms. The van der Waals surface area contributed by atoms with E-state index in [2.05, 4.69) is 5.32 Å². The van der Waals surface area contributed by atoms with Crippen LogP contribution in [0.25, 0.3) is 0 Å². The highest BCUT2D eigenvalue weighted by Crippen LogP contribution is 2.22. The molecule has 6 nitrogen and oxygen atoms in total. The average Bonchev–Trinajstić information content (AvgIpc) is 3.23. The minimum Gasteiger partial charge on any atom is -0.459 e. The number of ketones is 1. The molecule has 3 rings (SSSR count). The van der Waals surface area contributed by atoms with Crippen molar-refractivity contribution in [2.24, 2.45) is 5.92 Å².